The number of aliphatic hydroxyl groups is 1. The van der Waals surface area contributed by atoms with Gasteiger partial charge in [0.05, 0.1) is 6.10 Å². The van der Waals surface area contributed by atoms with Crippen LogP contribution < -0.4 is 5.32 Å². The molecule has 0 aliphatic rings. The smallest absolute Gasteiger partial charge is 0.223 e. The van der Waals surface area contributed by atoms with E-state index in [-0.39, 0.29) is 11.8 Å². The monoisotopic (exact) mass is 255 g/mol. The molecule has 1 amide bonds. The van der Waals surface area contributed by atoms with Crippen LogP contribution in [-0.2, 0) is 11.2 Å². The molecule has 0 saturated heterocycles. The number of carbonyl (C=O) groups is 1. The van der Waals surface area contributed by atoms with Gasteiger partial charge in [-0.1, -0.05) is 26.3 Å². The maximum atomic E-state index is 11.8. The van der Waals surface area contributed by atoms with Crippen molar-refractivity contribution in [3.05, 3.63) is 22.4 Å². The number of nitrogens with one attached hydrogen (secondary N) is 1. The van der Waals surface area contributed by atoms with E-state index >= 15 is 0 Å². The Labute approximate surface area is 107 Å². The van der Waals surface area contributed by atoms with Gasteiger partial charge in [-0.25, -0.2) is 0 Å². The predicted octanol–water partition coefficient (Wildman–Crippen LogP) is 2.20. The summed E-state index contributed by atoms with van der Waals surface area (Å²) in [7, 11) is 0. The van der Waals surface area contributed by atoms with Crippen LogP contribution in [0, 0.1) is 5.92 Å². The largest absolute Gasteiger partial charge is 0.391 e. The Morgan fingerprint density at radius 1 is 1.59 bits per heavy atom. The van der Waals surface area contributed by atoms with Crippen molar-refractivity contribution in [1.82, 2.24) is 5.32 Å². The first-order valence-electron chi connectivity index (χ1n) is 6.11. The van der Waals surface area contributed by atoms with E-state index in [1.54, 1.807) is 11.3 Å². The number of carbonyl (C=O) groups excluding carboxylic acids is 1. The molecule has 0 radical (unpaired) electrons. The Balaban J connectivity index is 2.27. The third kappa shape index (κ3) is 5.33. The maximum absolute atomic E-state index is 11.8. The van der Waals surface area contributed by atoms with E-state index in [2.05, 4.69) is 5.32 Å². The van der Waals surface area contributed by atoms with Crippen LogP contribution in [0.1, 0.15) is 31.6 Å². The fraction of sp³-hybridized carbons (Fsp3) is 0.615. The van der Waals surface area contributed by atoms with Crippen molar-refractivity contribution >= 4 is 17.2 Å². The van der Waals surface area contributed by atoms with Gasteiger partial charge in [0.1, 0.15) is 0 Å². The molecule has 0 aromatic carbocycles. The van der Waals surface area contributed by atoms with E-state index in [4.69, 9.17) is 0 Å². The van der Waals surface area contributed by atoms with E-state index in [1.807, 2.05) is 31.4 Å². The standard InChI is InChI=1S/C13H21NO2S/c1-3-5-11(15)9-14-13(16)10(2)8-12-6-4-7-17-12/h4,6-7,10-11,15H,3,5,8-9H2,1-2H3,(H,14,16). The summed E-state index contributed by atoms with van der Waals surface area (Å²) in [4.78, 5) is 13.0. The number of rotatable bonds is 7. The summed E-state index contributed by atoms with van der Waals surface area (Å²) in [6.45, 7) is 4.30. The molecule has 2 unspecified atom stereocenters. The van der Waals surface area contributed by atoms with Gasteiger partial charge >= 0.3 is 0 Å². The van der Waals surface area contributed by atoms with Crippen molar-refractivity contribution in [2.24, 2.45) is 5.92 Å². The Bertz CT molecular complexity index is 324. The second-order valence-corrected chi connectivity index (χ2v) is 5.40. The fourth-order valence-electron chi connectivity index (χ4n) is 1.65. The van der Waals surface area contributed by atoms with Crippen LogP contribution in [0.25, 0.3) is 0 Å². The molecular formula is C13H21NO2S. The molecule has 3 nitrogen and oxygen atoms in total. The van der Waals surface area contributed by atoms with Crippen LogP contribution >= 0.6 is 11.3 Å². The lowest BCUT2D eigenvalue weighted by molar-refractivity contribution is -0.124. The Hall–Kier alpha value is -0.870. The van der Waals surface area contributed by atoms with Gasteiger partial charge < -0.3 is 10.4 Å². The van der Waals surface area contributed by atoms with Crippen molar-refractivity contribution in [2.75, 3.05) is 6.54 Å². The van der Waals surface area contributed by atoms with Crippen molar-refractivity contribution in [1.29, 1.82) is 0 Å². The minimum Gasteiger partial charge on any atom is -0.391 e. The molecule has 96 valence electrons. The number of thiophene rings is 1. The normalized spacial score (nSPS) is 14.3. The predicted molar refractivity (Wildman–Crippen MR) is 71.1 cm³/mol. The first-order valence-corrected chi connectivity index (χ1v) is 6.99. The molecule has 0 aliphatic carbocycles. The number of amides is 1. The average molecular weight is 255 g/mol. The molecule has 1 aromatic heterocycles. The van der Waals surface area contributed by atoms with E-state index in [9.17, 15) is 9.90 Å². The Kier molecular flexibility index (Phi) is 6.22. The van der Waals surface area contributed by atoms with Crippen LogP contribution in [0.5, 0.6) is 0 Å². The summed E-state index contributed by atoms with van der Waals surface area (Å²) >= 11 is 1.67. The van der Waals surface area contributed by atoms with Crippen LogP contribution in [0.4, 0.5) is 0 Å². The molecule has 1 heterocycles. The second kappa shape index (κ2) is 7.45. The summed E-state index contributed by atoms with van der Waals surface area (Å²) in [6.07, 6.45) is 2.02. The first kappa shape index (κ1) is 14.2. The van der Waals surface area contributed by atoms with Gasteiger partial charge in [0.15, 0.2) is 0 Å². The van der Waals surface area contributed by atoms with Gasteiger partial charge in [-0.3, -0.25) is 4.79 Å². The number of hydrogen-bond acceptors (Lipinski definition) is 3. The lowest BCUT2D eigenvalue weighted by atomic mass is 10.1. The summed E-state index contributed by atoms with van der Waals surface area (Å²) in [5.41, 5.74) is 0. The van der Waals surface area contributed by atoms with Gasteiger partial charge in [0, 0.05) is 17.3 Å². The number of hydrogen-bond donors (Lipinski definition) is 2. The quantitative estimate of drug-likeness (QED) is 0.785. The van der Waals surface area contributed by atoms with Gasteiger partial charge in [0.25, 0.3) is 0 Å². The minimum atomic E-state index is -0.419. The van der Waals surface area contributed by atoms with Crippen molar-refractivity contribution < 1.29 is 9.90 Å². The molecule has 2 N–H and O–H groups in total. The Morgan fingerprint density at radius 2 is 2.35 bits per heavy atom. The van der Waals surface area contributed by atoms with Gasteiger partial charge in [-0.2, -0.15) is 0 Å². The lowest BCUT2D eigenvalue weighted by Gasteiger charge is -2.14. The molecule has 0 fully saturated rings. The highest BCUT2D eigenvalue weighted by Gasteiger charge is 2.14. The molecule has 0 saturated carbocycles. The molecule has 2 atom stereocenters. The van der Waals surface area contributed by atoms with E-state index in [0.717, 1.165) is 19.3 Å². The van der Waals surface area contributed by atoms with Gasteiger partial charge in [-0.15, -0.1) is 11.3 Å². The van der Waals surface area contributed by atoms with Crippen LogP contribution in [0.3, 0.4) is 0 Å². The Morgan fingerprint density at radius 3 is 2.94 bits per heavy atom. The zero-order valence-electron chi connectivity index (χ0n) is 10.5. The third-order valence-electron chi connectivity index (χ3n) is 2.67. The summed E-state index contributed by atoms with van der Waals surface area (Å²) in [5, 5.41) is 14.3. The lowest BCUT2D eigenvalue weighted by Crippen LogP contribution is -2.36. The van der Waals surface area contributed by atoms with Crippen molar-refractivity contribution in [2.45, 2.75) is 39.2 Å². The SMILES string of the molecule is CCCC(O)CNC(=O)C(C)Cc1cccs1. The summed E-state index contributed by atoms with van der Waals surface area (Å²) in [5.74, 6) is -0.0176. The second-order valence-electron chi connectivity index (χ2n) is 4.37. The molecule has 0 spiro atoms. The summed E-state index contributed by atoms with van der Waals surface area (Å²) in [6, 6.07) is 4.04. The maximum Gasteiger partial charge on any atom is 0.223 e. The molecular weight excluding hydrogens is 234 g/mol. The van der Waals surface area contributed by atoms with Crippen LogP contribution in [-0.4, -0.2) is 23.7 Å². The zero-order chi connectivity index (χ0) is 12.7. The minimum absolute atomic E-state index is 0.0218. The van der Waals surface area contributed by atoms with Crippen LogP contribution in [0.2, 0.25) is 0 Å². The van der Waals surface area contributed by atoms with Crippen molar-refractivity contribution in [3.8, 4) is 0 Å². The van der Waals surface area contributed by atoms with Gasteiger partial charge in [-0.05, 0) is 24.3 Å². The van der Waals surface area contributed by atoms with E-state index in [0.29, 0.717) is 6.54 Å². The van der Waals surface area contributed by atoms with E-state index in [1.165, 1.54) is 4.88 Å². The fourth-order valence-corrected chi connectivity index (χ4v) is 2.49. The summed E-state index contributed by atoms with van der Waals surface area (Å²) < 4.78 is 0. The van der Waals surface area contributed by atoms with Crippen LogP contribution in [0.15, 0.2) is 17.5 Å². The third-order valence-corrected chi connectivity index (χ3v) is 3.57. The molecule has 4 heteroatoms. The first-order chi connectivity index (χ1) is 8.13. The average Bonchev–Trinajstić information content (AvgIpc) is 2.79. The molecule has 1 rings (SSSR count). The van der Waals surface area contributed by atoms with Gasteiger partial charge in [0.2, 0.25) is 5.91 Å². The number of aliphatic hydroxyl groups excluding tert-OH is 1. The highest BCUT2D eigenvalue weighted by Crippen LogP contribution is 2.14. The highest BCUT2D eigenvalue weighted by molar-refractivity contribution is 7.09. The molecule has 1 aromatic rings. The molecule has 0 aliphatic heterocycles. The van der Waals surface area contributed by atoms with Crippen molar-refractivity contribution in [3.63, 3.8) is 0 Å². The molecule has 17 heavy (non-hydrogen) atoms. The zero-order valence-corrected chi connectivity index (χ0v) is 11.3. The van der Waals surface area contributed by atoms with E-state index < -0.39 is 6.10 Å². The highest BCUT2D eigenvalue weighted by atomic mass is 32.1. The molecule has 0 bridgehead atoms. The topological polar surface area (TPSA) is 49.3 Å².